The van der Waals surface area contributed by atoms with Crippen molar-refractivity contribution in [3.63, 3.8) is 0 Å². The Bertz CT molecular complexity index is 841. The van der Waals surface area contributed by atoms with Crippen LogP contribution >= 0.6 is 15.9 Å². The Morgan fingerprint density at radius 2 is 1.90 bits per heavy atom. The normalized spacial score (nSPS) is 11.8. The quantitative estimate of drug-likeness (QED) is 0.426. The highest BCUT2D eigenvalue weighted by molar-refractivity contribution is 9.10. The summed E-state index contributed by atoms with van der Waals surface area (Å²) in [6, 6.07) is 14.8. The Morgan fingerprint density at radius 3 is 2.71 bits per heavy atom. The second-order valence-corrected chi connectivity index (χ2v) is 5.44. The summed E-state index contributed by atoms with van der Waals surface area (Å²) in [6.45, 7) is 0. The molecule has 21 heavy (non-hydrogen) atoms. The first-order valence-electron chi connectivity index (χ1n) is 6.31. The number of hydrogen-bond donors (Lipinski definition) is 2. The SMILES string of the molecule is N/N=C(\c1cc(Br)ccc1O)c1cccc2cccnc12. The lowest BCUT2D eigenvalue weighted by Crippen LogP contribution is -2.08. The topological polar surface area (TPSA) is 71.5 Å². The molecular formula is C16H12BrN3O. The highest BCUT2D eigenvalue weighted by Gasteiger charge is 2.15. The van der Waals surface area contributed by atoms with Crippen LogP contribution in [0.15, 0.2) is 64.3 Å². The van der Waals surface area contributed by atoms with E-state index in [4.69, 9.17) is 5.84 Å². The Labute approximate surface area is 130 Å². The minimum Gasteiger partial charge on any atom is -0.507 e. The van der Waals surface area contributed by atoms with E-state index in [1.165, 1.54) is 0 Å². The molecule has 0 fully saturated rings. The van der Waals surface area contributed by atoms with Gasteiger partial charge in [-0.25, -0.2) is 0 Å². The van der Waals surface area contributed by atoms with Gasteiger partial charge in [0.15, 0.2) is 0 Å². The van der Waals surface area contributed by atoms with E-state index in [0.717, 1.165) is 20.9 Å². The van der Waals surface area contributed by atoms with E-state index in [9.17, 15) is 5.11 Å². The van der Waals surface area contributed by atoms with Gasteiger partial charge in [-0.15, -0.1) is 0 Å². The molecule has 0 aliphatic carbocycles. The van der Waals surface area contributed by atoms with Crippen LogP contribution in [0.4, 0.5) is 0 Å². The number of phenolic OH excluding ortho intramolecular Hbond substituents is 1. The number of halogens is 1. The summed E-state index contributed by atoms with van der Waals surface area (Å²) in [6.07, 6.45) is 1.72. The third-order valence-corrected chi connectivity index (χ3v) is 3.72. The van der Waals surface area contributed by atoms with Gasteiger partial charge in [-0.2, -0.15) is 5.10 Å². The summed E-state index contributed by atoms with van der Waals surface area (Å²) >= 11 is 3.39. The number of aromatic nitrogens is 1. The van der Waals surface area contributed by atoms with Crippen LogP contribution in [0.25, 0.3) is 10.9 Å². The molecule has 0 atom stereocenters. The molecule has 4 nitrogen and oxygen atoms in total. The zero-order valence-electron chi connectivity index (χ0n) is 11.0. The standard InChI is InChI=1S/C16H12BrN3O/c17-11-6-7-14(21)13(9-11)16(20-18)12-5-1-3-10-4-2-8-19-15(10)12/h1-9,21H,18H2/b20-16-. The van der Waals surface area contributed by atoms with Crippen LogP contribution in [0, 0.1) is 0 Å². The maximum absolute atomic E-state index is 10.1. The van der Waals surface area contributed by atoms with Crippen LogP contribution in [0.3, 0.4) is 0 Å². The van der Waals surface area contributed by atoms with Gasteiger partial charge in [0.1, 0.15) is 11.5 Å². The predicted octanol–water partition coefficient (Wildman–Crippen LogP) is 3.41. The minimum absolute atomic E-state index is 0.121. The average molecular weight is 342 g/mol. The fourth-order valence-corrected chi connectivity index (χ4v) is 2.64. The number of rotatable bonds is 2. The van der Waals surface area contributed by atoms with E-state index < -0.39 is 0 Å². The fourth-order valence-electron chi connectivity index (χ4n) is 2.28. The van der Waals surface area contributed by atoms with Crippen molar-refractivity contribution in [1.82, 2.24) is 4.98 Å². The third-order valence-electron chi connectivity index (χ3n) is 3.23. The maximum atomic E-state index is 10.1. The molecule has 2 aromatic carbocycles. The molecule has 104 valence electrons. The molecule has 0 spiro atoms. The molecule has 3 rings (SSSR count). The van der Waals surface area contributed by atoms with Gasteiger partial charge in [0.05, 0.1) is 5.52 Å². The lowest BCUT2D eigenvalue weighted by atomic mass is 9.99. The molecule has 0 unspecified atom stereocenters. The van der Waals surface area contributed by atoms with E-state index in [0.29, 0.717) is 11.3 Å². The molecule has 0 saturated carbocycles. The number of hydrazone groups is 1. The van der Waals surface area contributed by atoms with Crippen molar-refractivity contribution in [1.29, 1.82) is 0 Å². The molecule has 0 radical (unpaired) electrons. The number of hydrogen-bond acceptors (Lipinski definition) is 4. The van der Waals surface area contributed by atoms with Gasteiger partial charge in [-0.1, -0.05) is 40.2 Å². The lowest BCUT2D eigenvalue weighted by molar-refractivity contribution is 0.474. The molecule has 0 amide bonds. The number of fused-ring (bicyclic) bond motifs is 1. The van der Waals surface area contributed by atoms with E-state index in [2.05, 4.69) is 26.0 Å². The summed E-state index contributed by atoms with van der Waals surface area (Å²) in [7, 11) is 0. The van der Waals surface area contributed by atoms with Gasteiger partial charge in [0.25, 0.3) is 0 Å². The smallest absolute Gasteiger partial charge is 0.125 e. The second kappa shape index (κ2) is 5.54. The lowest BCUT2D eigenvalue weighted by Gasteiger charge is -2.10. The molecule has 5 heteroatoms. The van der Waals surface area contributed by atoms with Crippen LogP contribution in [0.5, 0.6) is 5.75 Å². The highest BCUT2D eigenvalue weighted by atomic mass is 79.9. The first-order chi connectivity index (χ1) is 10.2. The number of benzene rings is 2. The van der Waals surface area contributed by atoms with Gasteiger partial charge in [0.2, 0.25) is 0 Å². The van der Waals surface area contributed by atoms with Crippen molar-refractivity contribution in [3.05, 3.63) is 70.3 Å². The van der Waals surface area contributed by atoms with Crippen LogP contribution in [-0.2, 0) is 0 Å². The number of aromatic hydroxyl groups is 1. The molecule has 0 aliphatic rings. The van der Waals surface area contributed by atoms with Crippen molar-refractivity contribution in [2.45, 2.75) is 0 Å². The van der Waals surface area contributed by atoms with Crippen LogP contribution in [-0.4, -0.2) is 15.8 Å². The summed E-state index contributed by atoms with van der Waals surface area (Å²) in [4.78, 5) is 4.40. The molecule has 0 saturated heterocycles. The second-order valence-electron chi connectivity index (χ2n) is 4.52. The van der Waals surface area contributed by atoms with E-state index in [1.54, 1.807) is 24.4 Å². The first kappa shape index (κ1) is 13.6. The van der Waals surface area contributed by atoms with Gasteiger partial charge >= 0.3 is 0 Å². The Morgan fingerprint density at radius 1 is 1.10 bits per heavy atom. The van der Waals surface area contributed by atoms with E-state index >= 15 is 0 Å². The Kier molecular flexibility index (Phi) is 3.58. The third kappa shape index (κ3) is 2.48. The predicted molar refractivity (Wildman–Crippen MR) is 87.4 cm³/mol. The van der Waals surface area contributed by atoms with Gasteiger partial charge in [-0.05, 0) is 24.3 Å². The van der Waals surface area contributed by atoms with Crippen LogP contribution in [0.1, 0.15) is 11.1 Å². The molecule has 0 aliphatic heterocycles. The number of nitrogens with two attached hydrogens (primary N) is 1. The zero-order valence-corrected chi connectivity index (χ0v) is 12.6. The van der Waals surface area contributed by atoms with E-state index in [-0.39, 0.29) is 5.75 Å². The average Bonchev–Trinajstić information content (AvgIpc) is 2.51. The Balaban J connectivity index is 2.27. The largest absolute Gasteiger partial charge is 0.507 e. The summed E-state index contributed by atoms with van der Waals surface area (Å²) in [5, 5.41) is 15.0. The van der Waals surface area contributed by atoms with Crippen molar-refractivity contribution in [2.24, 2.45) is 10.9 Å². The summed E-state index contributed by atoms with van der Waals surface area (Å²) < 4.78 is 0.838. The summed E-state index contributed by atoms with van der Waals surface area (Å²) in [5.74, 6) is 5.70. The fraction of sp³-hybridized carbons (Fsp3) is 0. The number of pyridine rings is 1. The molecule has 1 heterocycles. The van der Waals surface area contributed by atoms with Crippen LogP contribution < -0.4 is 5.84 Å². The first-order valence-corrected chi connectivity index (χ1v) is 7.11. The summed E-state index contributed by atoms with van der Waals surface area (Å²) in [5.41, 5.74) is 2.63. The molecule has 1 aromatic heterocycles. The Hall–Kier alpha value is -2.40. The van der Waals surface area contributed by atoms with Crippen molar-refractivity contribution < 1.29 is 5.11 Å². The van der Waals surface area contributed by atoms with Gasteiger partial charge in [-0.3, -0.25) is 4.98 Å². The minimum atomic E-state index is 0.121. The highest BCUT2D eigenvalue weighted by Crippen LogP contribution is 2.27. The maximum Gasteiger partial charge on any atom is 0.125 e. The van der Waals surface area contributed by atoms with Gasteiger partial charge in [0, 0.05) is 27.2 Å². The van der Waals surface area contributed by atoms with Crippen molar-refractivity contribution >= 4 is 32.5 Å². The number of phenols is 1. The van der Waals surface area contributed by atoms with E-state index in [1.807, 2.05) is 30.3 Å². The van der Waals surface area contributed by atoms with Crippen molar-refractivity contribution in [3.8, 4) is 5.75 Å². The van der Waals surface area contributed by atoms with Gasteiger partial charge < -0.3 is 10.9 Å². The number of para-hydroxylation sites is 1. The molecular weight excluding hydrogens is 330 g/mol. The molecule has 0 bridgehead atoms. The molecule has 3 aromatic rings. The van der Waals surface area contributed by atoms with Crippen molar-refractivity contribution in [2.75, 3.05) is 0 Å². The number of nitrogens with zero attached hydrogens (tertiary/aromatic N) is 2. The zero-order chi connectivity index (χ0) is 14.8. The monoisotopic (exact) mass is 341 g/mol. The molecule has 3 N–H and O–H groups in total. The van der Waals surface area contributed by atoms with Crippen LogP contribution in [0.2, 0.25) is 0 Å².